The number of benzene rings is 1. The Bertz CT molecular complexity index is 808. The normalized spacial score (nSPS) is 10.8. The zero-order valence-corrected chi connectivity index (χ0v) is 13.4. The lowest BCUT2D eigenvalue weighted by molar-refractivity contribution is 0.102. The first-order valence-corrected chi connectivity index (χ1v) is 8.40. The molecule has 2 heterocycles. The van der Waals surface area contributed by atoms with Crippen molar-refractivity contribution in [1.29, 1.82) is 0 Å². The second-order valence-corrected chi connectivity index (χ2v) is 5.94. The fourth-order valence-electron chi connectivity index (χ4n) is 2.38. The number of hydrogen-bond acceptors (Lipinski definition) is 3. The highest BCUT2D eigenvalue weighted by Gasteiger charge is 2.09. The number of aryl methyl sites for hydroxylation is 1. The summed E-state index contributed by atoms with van der Waals surface area (Å²) in [5.74, 6) is 0.858. The molecule has 1 N–H and O–H groups in total. The second-order valence-electron chi connectivity index (χ2n) is 5.07. The van der Waals surface area contributed by atoms with Crippen molar-refractivity contribution in [3.63, 3.8) is 0 Å². The minimum absolute atomic E-state index is 0.0988. The molecule has 1 aromatic carbocycles. The van der Waals surface area contributed by atoms with Gasteiger partial charge in [0.1, 0.15) is 5.65 Å². The largest absolute Gasteiger partial charge is 0.320 e. The molecule has 3 rings (SSSR count). The molecule has 22 heavy (non-hydrogen) atoms. The lowest BCUT2D eigenvalue weighted by Crippen LogP contribution is -2.13. The van der Waals surface area contributed by atoms with E-state index in [0.29, 0.717) is 5.56 Å². The van der Waals surface area contributed by atoms with Gasteiger partial charge in [0.05, 0.1) is 5.69 Å². The molecule has 112 valence electrons. The van der Waals surface area contributed by atoms with Crippen LogP contribution in [0.25, 0.3) is 5.65 Å². The molecule has 0 aliphatic rings. The second kappa shape index (κ2) is 6.23. The van der Waals surface area contributed by atoms with Crippen molar-refractivity contribution in [2.24, 2.45) is 0 Å². The number of hydrogen-bond donors (Lipinski definition) is 1. The molecule has 0 spiro atoms. The quantitative estimate of drug-likeness (QED) is 0.798. The Labute approximate surface area is 133 Å². The van der Waals surface area contributed by atoms with Gasteiger partial charge in [-0.15, -0.1) is 0 Å². The maximum Gasteiger partial charge on any atom is 0.255 e. The minimum Gasteiger partial charge on any atom is -0.320 e. The first-order chi connectivity index (χ1) is 10.7. The van der Waals surface area contributed by atoms with E-state index in [1.165, 1.54) is 5.56 Å². The van der Waals surface area contributed by atoms with Gasteiger partial charge in [0.15, 0.2) is 0 Å². The summed E-state index contributed by atoms with van der Waals surface area (Å²) in [5.41, 5.74) is 4.51. The summed E-state index contributed by atoms with van der Waals surface area (Å²) in [6, 6.07) is 11.5. The molecule has 4 nitrogen and oxygen atoms in total. The fourth-order valence-corrected chi connectivity index (χ4v) is 2.90. The molecular formula is C17H17N3OS. The van der Waals surface area contributed by atoms with E-state index in [4.69, 9.17) is 0 Å². The van der Waals surface area contributed by atoms with E-state index in [-0.39, 0.29) is 5.91 Å². The van der Waals surface area contributed by atoms with Crippen molar-refractivity contribution in [2.45, 2.75) is 12.7 Å². The molecule has 0 atom stereocenters. The monoisotopic (exact) mass is 311 g/mol. The van der Waals surface area contributed by atoms with Gasteiger partial charge in [-0.2, -0.15) is 11.8 Å². The van der Waals surface area contributed by atoms with E-state index in [1.54, 1.807) is 18.0 Å². The zero-order chi connectivity index (χ0) is 15.5. The van der Waals surface area contributed by atoms with Crippen LogP contribution in [0.2, 0.25) is 0 Å². The molecule has 0 aliphatic heterocycles. The van der Waals surface area contributed by atoms with Gasteiger partial charge in [0.25, 0.3) is 5.91 Å². The van der Waals surface area contributed by atoms with Gasteiger partial charge in [0, 0.05) is 29.4 Å². The molecule has 0 unspecified atom stereocenters. The Hall–Kier alpha value is -2.27. The molecule has 0 saturated carbocycles. The third kappa shape index (κ3) is 2.85. The molecule has 1 amide bonds. The lowest BCUT2D eigenvalue weighted by Gasteiger charge is -2.10. The van der Waals surface area contributed by atoms with Crippen LogP contribution in [0.1, 0.15) is 21.6 Å². The molecule has 0 radical (unpaired) electrons. The van der Waals surface area contributed by atoms with Gasteiger partial charge in [-0.05, 0) is 43.0 Å². The van der Waals surface area contributed by atoms with Crippen LogP contribution in [-0.2, 0) is 5.75 Å². The van der Waals surface area contributed by atoms with Crippen LogP contribution in [0.3, 0.4) is 0 Å². The molecule has 3 aromatic rings. The van der Waals surface area contributed by atoms with Gasteiger partial charge in [-0.1, -0.05) is 12.1 Å². The third-order valence-electron chi connectivity index (χ3n) is 3.59. The zero-order valence-electron chi connectivity index (χ0n) is 12.5. The average Bonchev–Trinajstić information content (AvgIpc) is 3.00. The summed E-state index contributed by atoms with van der Waals surface area (Å²) in [7, 11) is 0. The van der Waals surface area contributed by atoms with Crippen LogP contribution in [0.15, 0.2) is 48.8 Å². The SMILES string of the molecule is CSCc1ccc(C(=O)Nc2ccc3nccn3c2C)cc1. The smallest absolute Gasteiger partial charge is 0.255 e. The number of carbonyl (C=O) groups excluding carboxylic acids is 1. The Morgan fingerprint density at radius 1 is 1.23 bits per heavy atom. The van der Waals surface area contributed by atoms with Crippen LogP contribution < -0.4 is 5.32 Å². The van der Waals surface area contributed by atoms with Gasteiger partial charge in [-0.25, -0.2) is 4.98 Å². The van der Waals surface area contributed by atoms with Crippen molar-refractivity contribution in [3.05, 3.63) is 65.6 Å². The third-order valence-corrected chi connectivity index (χ3v) is 4.22. The molecule has 0 fully saturated rings. The van der Waals surface area contributed by atoms with E-state index in [9.17, 15) is 4.79 Å². The maximum atomic E-state index is 12.4. The van der Waals surface area contributed by atoms with Crippen molar-refractivity contribution in [2.75, 3.05) is 11.6 Å². The van der Waals surface area contributed by atoms with Gasteiger partial charge >= 0.3 is 0 Å². The Balaban J connectivity index is 1.81. The Morgan fingerprint density at radius 2 is 2.00 bits per heavy atom. The topological polar surface area (TPSA) is 46.4 Å². The standard InChI is InChI=1S/C17H17N3OS/c1-12-15(7-8-16-18-9-10-20(12)16)19-17(21)14-5-3-13(4-6-14)11-22-2/h3-10H,11H2,1-2H3,(H,19,21). The number of amides is 1. The van der Waals surface area contributed by atoms with Gasteiger partial charge < -0.3 is 9.72 Å². The highest BCUT2D eigenvalue weighted by Crippen LogP contribution is 2.18. The fraction of sp³-hybridized carbons (Fsp3) is 0.176. The van der Waals surface area contributed by atoms with Gasteiger partial charge in [0.2, 0.25) is 0 Å². The van der Waals surface area contributed by atoms with Crippen molar-refractivity contribution in [1.82, 2.24) is 9.38 Å². The Kier molecular flexibility index (Phi) is 4.15. The number of imidazole rings is 1. The number of thioether (sulfide) groups is 1. The summed E-state index contributed by atoms with van der Waals surface area (Å²) in [5, 5.41) is 2.97. The van der Waals surface area contributed by atoms with Crippen LogP contribution in [0.4, 0.5) is 5.69 Å². The number of rotatable bonds is 4. The summed E-state index contributed by atoms with van der Waals surface area (Å²) in [4.78, 5) is 16.6. The van der Waals surface area contributed by atoms with Gasteiger partial charge in [-0.3, -0.25) is 4.79 Å². The van der Waals surface area contributed by atoms with Crippen LogP contribution in [0, 0.1) is 6.92 Å². The highest BCUT2D eigenvalue weighted by molar-refractivity contribution is 7.97. The predicted molar refractivity (Wildman–Crippen MR) is 91.5 cm³/mol. The van der Waals surface area contributed by atoms with Crippen molar-refractivity contribution < 1.29 is 4.79 Å². The summed E-state index contributed by atoms with van der Waals surface area (Å²) >= 11 is 1.77. The minimum atomic E-state index is -0.0988. The van der Waals surface area contributed by atoms with E-state index in [1.807, 2.05) is 53.9 Å². The molecule has 5 heteroatoms. The van der Waals surface area contributed by atoms with Crippen LogP contribution in [-0.4, -0.2) is 21.5 Å². The number of nitrogens with zero attached hydrogens (tertiary/aromatic N) is 2. The van der Waals surface area contributed by atoms with Crippen LogP contribution >= 0.6 is 11.8 Å². The predicted octanol–water partition coefficient (Wildman–Crippen LogP) is 3.76. The van der Waals surface area contributed by atoms with E-state index < -0.39 is 0 Å². The lowest BCUT2D eigenvalue weighted by atomic mass is 10.1. The molecule has 0 aliphatic carbocycles. The first kappa shape index (κ1) is 14.7. The Morgan fingerprint density at radius 3 is 2.73 bits per heavy atom. The highest BCUT2D eigenvalue weighted by atomic mass is 32.2. The number of aromatic nitrogens is 2. The molecular weight excluding hydrogens is 294 g/mol. The van der Waals surface area contributed by atoms with Crippen LogP contribution in [0.5, 0.6) is 0 Å². The van der Waals surface area contributed by atoms with E-state index in [2.05, 4.69) is 16.6 Å². The summed E-state index contributed by atoms with van der Waals surface area (Å²) in [6.45, 7) is 1.96. The number of anilines is 1. The first-order valence-electron chi connectivity index (χ1n) is 7.01. The maximum absolute atomic E-state index is 12.4. The molecule has 2 aromatic heterocycles. The molecule has 0 saturated heterocycles. The average molecular weight is 311 g/mol. The van der Waals surface area contributed by atoms with Crippen molar-refractivity contribution >= 4 is 29.0 Å². The summed E-state index contributed by atoms with van der Waals surface area (Å²) in [6.07, 6.45) is 5.70. The number of fused-ring (bicyclic) bond motifs is 1. The molecule has 0 bridgehead atoms. The number of nitrogens with one attached hydrogen (secondary N) is 1. The number of carbonyl (C=O) groups is 1. The summed E-state index contributed by atoms with van der Waals surface area (Å²) < 4.78 is 1.96. The van der Waals surface area contributed by atoms with E-state index in [0.717, 1.165) is 22.8 Å². The number of pyridine rings is 1. The van der Waals surface area contributed by atoms with E-state index >= 15 is 0 Å². The van der Waals surface area contributed by atoms with Crippen molar-refractivity contribution in [3.8, 4) is 0 Å².